The van der Waals surface area contributed by atoms with Crippen LogP contribution in [-0.4, -0.2) is 18.0 Å². The third kappa shape index (κ3) is 9.68. The fraction of sp³-hybridized carbons (Fsp3) is 0. The fourth-order valence-electron chi connectivity index (χ4n) is 1.57. The molecular weight excluding hydrogens is 375 g/mol. The van der Waals surface area contributed by atoms with E-state index >= 15 is 0 Å². The Morgan fingerprint density at radius 3 is 1.00 bits per heavy atom. The summed E-state index contributed by atoms with van der Waals surface area (Å²) in [5, 5.41) is 0. The molecule has 0 aromatic heterocycles. The van der Waals surface area contributed by atoms with Gasteiger partial charge in [-0.05, 0) is 54.6 Å². The molecule has 0 heterocycles. The summed E-state index contributed by atoms with van der Waals surface area (Å²) in [6.45, 7) is 0. The van der Waals surface area contributed by atoms with Gasteiger partial charge in [-0.3, -0.25) is 0 Å². The maximum absolute atomic E-state index is 5.39. The molecule has 1 atom stereocenters. The van der Waals surface area contributed by atoms with Crippen LogP contribution >= 0.6 is 0 Å². The first kappa shape index (κ1) is 22.0. The van der Waals surface area contributed by atoms with E-state index in [1.807, 2.05) is 18.2 Å². The molecule has 0 saturated heterocycles. The SMILES string of the molecule is Nc1ccc(N)cc1.Nc1cccc(N)c1.Nc1ccccc1N.[AsH3]. The molecule has 0 amide bonds. The molecule has 3 aromatic carbocycles. The van der Waals surface area contributed by atoms with Crippen molar-refractivity contribution in [3.8, 4) is 0 Å². The molecule has 0 spiro atoms. The zero-order valence-corrected chi connectivity index (χ0v) is 17.1. The van der Waals surface area contributed by atoms with Crippen LogP contribution in [-0.2, 0) is 0 Å². The van der Waals surface area contributed by atoms with Gasteiger partial charge < -0.3 is 34.4 Å². The van der Waals surface area contributed by atoms with Gasteiger partial charge >= 0.3 is 18.0 Å². The van der Waals surface area contributed by atoms with Crippen LogP contribution in [0.25, 0.3) is 0 Å². The summed E-state index contributed by atoms with van der Waals surface area (Å²) in [4.78, 5) is 0. The number of rotatable bonds is 0. The topological polar surface area (TPSA) is 156 Å². The Kier molecular flexibility index (Phi) is 10.2. The van der Waals surface area contributed by atoms with E-state index in [1.165, 1.54) is 0 Å². The summed E-state index contributed by atoms with van der Waals surface area (Å²) in [7, 11) is 0. The standard InChI is InChI=1S/3C6H8N2.AsH3/c7-5-1-2-6(8)4-3-5;7-5-2-1-3-6(8)4-5;7-5-3-1-2-4-6(5)8;/h3*1-4H,7-8H2;1H3. The third-order valence-electron chi connectivity index (χ3n) is 2.84. The van der Waals surface area contributed by atoms with E-state index in [2.05, 4.69) is 0 Å². The van der Waals surface area contributed by atoms with Gasteiger partial charge in [0.2, 0.25) is 0 Å². The first-order valence-corrected chi connectivity index (χ1v) is 7.20. The Labute approximate surface area is 159 Å². The predicted octanol–water partition coefficient (Wildman–Crippen LogP) is 1.37. The molecule has 7 heteroatoms. The van der Waals surface area contributed by atoms with Gasteiger partial charge in [0.05, 0.1) is 11.4 Å². The van der Waals surface area contributed by atoms with Gasteiger partial charge in [-0.25, -0.2) is 0 Å². The number of nitrogens with two attached hydrogens (primary N) is 6. The van der Waals surface area contributed by atoms with Crippen molar-refractivity contribution >= 4 is 52.1 Å². The van der Waals surface area contributed by atoms with E-state index < -0.39 is 0 Å². The van der Waals surface area contributed by atoms with E-state index in [0.29, 0.717) is 22.7 Å². The Hall–Kier alpha value is -2.98. The minimum absolute atomic E-state index is 0. The van der Waals surface area contributed by atoms with Crippen LogP contribution in [0.3, 0.4) is 0 Å². The van der Waals surface area contributed by atoms with Crippen molar-refractivity contribution in [1.82, 2.24) is 0 Å². The molecule has 3 rings (SSSR count). The van der Waals surface area contributed by atoms with Crippen LogP contribution in [0.4, 0.5) is 34.1 Å². The molecule has 0 saturated carbocycles. The summed E-state index contributed by atoms with van der Waals surface area (Å²) in [6, 6.07) is 21.5. The van der Waals surface area contributed by atoms with Gasteiger partial charge in [0.15, 0.2) is 0 Å². The number of para-hydroxylation sites is 2. The van der Waals surface area contributed by atoms with Gasteiger partial charge in [-0.1, -0.05) is 18.2 Å². The van der Waals surface area contributed by atoms with Crippen molar-refractivity contribution in [3.05, 3.63) is 72.8 Å². The van der Waals surface area contributed by atoms with Crippen LogP contribution in [0, 0.1) is 0 Å². The van der Waals surface area contributed by atoms with Gasteiger partial charge in [-0.2, -0.15) is 0 Å². The van der Waals surface area contributed by atoms with E-state index in [-0.39, 0.29) is 18.0 Å². The van der Waals surface area contributed by atoms with Crippen LogP contribution in [0.1, 0.15) is 0 Å². The number of hydrogen-bond donors (Lipinski definition) is 6. The van der Waals surface area contributed by atoms with Crippen molar-refractivity contribution < 1.29 is 0 Å². The zero-order chi connectivity index (χ0) is 17.9. The molecule has 0 bridgehead atoms. The second-order valence-electron chi connectivity index (χ2n) is 4.97. The Bertz CT molecular complexity index is 687. The third-order valence-corrected chi connectivity index (χ3v) is 2.84. The zero-order valence-electron chi connectivity index (χ0n) is 14.1. The second-order valence-corrected chi connectivity index (χ2v) is 4.97. The van der Waals surface area contributed by atoms with Gasteiger partial charge in [0.1, 0.15) is 0 Å². The van der Waals surface area contributed by atoms with E-state index in [4.69, 9.17) is 34.4 Å². The van der Waals surface area contributed by atoms with Crippen LogP contribution in [0.15, 0.2) is 72.8 Å². The van der Waals surface area contributed by atoms with Crippen LogP contribution in [0.5, 0.6) is 0 Å². The molecule has 12 N–H and O–H groups in total. The minimum atomic E-state index is 0. The van der Waals surface area contributed by atoms with Gasteiger partial charge in [0.25, 0.3) is 0 Å². The predicted molar refractivity (Wildman–Crippen MR) is 116 cm³/mol. The first-order chi connectivity index (χ1) is 11.4. The van der Waals surface area contributed by atoms with Crippen LogP contribution in [0.2, 0.25) is 0 Å². The normalized spacial score (nSPS) is 8.64. The molecule has 0 radical (unpaired) electrons. The van der Waals surface area contributed by atoms with Crippen molar-refractivity contribution in [2.45, 2.75) is 0 Å². The average molecular weight is 402 g/mol. The maximum atomic E-state index is 5.39. The molecule has 25 heavy (non-hydrogen) atoms. The molecular formula is C18H27AsN6. The summed E-state index contributed by atoms with van der Waals surface area (Å²) in [5.41, 5.74) is 36.5. The quantitative estimate of drug-likeness (QED) is 0.246. The van der Waals surface area contributed by atoms with Gasteiger partial charge in [0, 0.05) is 22.7 Å². The average Bonchev–Trinajstić information content (AvgIpc) is 2.54. The van der Waals surface area contributed by atoms with Crippen LogP contribution < -0.4 is 34.4 Å². The number of hydrogen-bond acceptors (Lipinski definition) is 6. The second kappa shape index (κ2) is 11.5. The molecule has 0 aliphatic heterocycles. The first-order valence-electron chi connectivity index (χ1n) is 7.20. The molecule has 3 aromatic rings. The molecule has 0 aliphatic rings. The van der Waals surface area contributed by atoms with E-state index in [9.17, 15) is 0 Å². The number of anilines is 6. The van der Waals surface area contributed by atoms with E-state index in [0.717, 1.165) is 11.4 Å². The monoisotopic (exact) mass is 402 g/mol. The Morgan fingerprint density at radius 1 is 0.400 bits per heavy atom. The summed E-state index contributed by atoms with van der Waals surface area (Å²) in [6.07, 6.45) is 0. The molecule has 0 aliphatic carbocycles. The molecule has 1 unspecified atom stereocenters. The molecule has 0 fully saturated rings. The number of benzene rings is 3. The number of nitrogen functional groups attached to an aromatic ring is 6. The fourth-order valence-corrected chi connectivity index (χ4v) is 1.57. The van der Waals surface area contributed by atoms with Crippen molar-refractivity contribution in [3.63, 3.8) is 0 Å². The Morgan fingerprint density at radius 2 is 0.760 bits per heavy atom. The molecule has 134 valence electrons. The Balaban J connectivity index is 0.000000339. The summed E-state index contributed by atoms with van der Waals surface area (Å²) in [5.74, 6) is 0. The van der Waals surface area contributed by atoms with Crippen molar-refractivity contribution in [2.75, 3.05) is 34.4 Å². The van der Waals surface area contributed by atoms with Crippen molar-refractivity contribution in [1.29, 1.82) is 0 Å². The summed E-state index contributed by atoms with van der Waals surface area (Å²) < 4.78 is 0. The van der Waals surface area contributed by atoms with Crippen molar-refractivity contribution in [2.24, 2.45) is 0 Å². The van der Waals surface area contributed by atoms with E-state index in [1.54, 1.807) is 54.6 Å². The summed E-state index contributed by atoms with van der Waals surface area (Å²) >= 11 is 0. The molecule has 6 nitrogen and oxygen atoms in total. The van der Waals surface area contributed by atoms with Gasteiger partial charge in [-0.15, -0.1) is 0 Å².